The van der Waals surface area contributed by atoms with Crippen LogP contribution in [-0.4, -0.2) is 47.8 Å². The van der Waals surface area contributed by atoms with Crippen molar-refractivity contribution in [3.8, 4) is 0 Å². The maximum absolute atomic E-state index is 12.3. The summed E-state index contributed by atoms with van der Waals surface area (Å²) >= 11 is 1.65. The lowest BCUT2D eigenvalue weighted by atomic mass is 10.2. The number of nitrogens with zero attached hydrogens (tertiary/aromatic N) is 2. The molecule has 1 aromatic heterocycles. The highest BCUT2D eigenvalue weighted by atomic mass is 32.1. The predicted molar refractivity (Wildman–Crippen MR) is 72.0 cm³/mol. The van der Waals surface area contributed by atoms with Crippen LogP contribution in [0.15, 0.2) is 6.07 Å². The predicted octanol–water partition coefficient (Wildman–Crippen LogP) is 1.67. The third-order valence-corrected chi connectivity index (χ3v) is 4.25. The molecule has 18 heavy (non-hydrogen) atoms. The molecular formula is C13H18N2O2S. The molecule has 2 amide bonds. The van der Waals surface area contributed by atoms with Crippen molar-refractivity contribution in [1.82, 2.24) is 9.80 Å². The van der Waals surface area contributed by atoms with Crippen molar-refractivity contribution < 1.29 is 9.59 Å². The van der Waals surface area contributed by atoms with Gasteiger partial charge in [-0.25, -0.2) is 0 Å². The number of piperazine rings is 1. The molecule has 0 bridgehead atoms. The summed E-state index contributed by atoms with van der Waals surface area (Å²) in [6, 6.07) is 1.96. The van der Waals surface area contributed by atoms with Gasteiger partial charge in [-0.2, -0.15) is 0 Å². The van der Waals surface area contributed by atoms with Gasteiger partial charge in [0, 0.05) is 42.9 Å². The Kier molecular flexibility index (Phi) is 3.71. The van der Waals surface area contributed by atoms with E-state index in [1.54, 1.807) is 23.2 Å². The van der Waals surface area contributed by atoms with Gasteiger partial charge in [-0.15, -0.1) is 11.3 Å². The SMILES string of the molecule is CC(=O)N1CCN(C(=O)c2cc(C)sc2C)CC1. The van der Waals surface area contributed by atoms with Crippen molar-refractivity contribution in [1.29, 1.82) is 0 Å². The summed E-state index contributed by atoms with van der Waals surface area (Å²) in [4.78, 5) is 29.4. The lowest BCUT2D eigenvalue weighted by Crippen LogP contribution is -2.50. The summed E-state index contributed by atoms with van der Waals surface area (Å²) in [5.41, 5.74) is 0.814. The van der Waals surface area contributed by atoms with E-state index >= 15 is 0 Å². The fraction of sp³-hybridized carbons (Fsp3) is 0.538. The maximum atomic E-state index is 12.3. The number of hydrogen-bond donors (Lipinski definition) is 0. The molecule has 1 aromatic rings. The van der Waals surface area contributed by atoms with Gasteiger partial charge in [-0.3, -0.25) is 9.59 Å². The van der Waals surface area contributed by atoms with Crippen molar-refractivity contribution in [3.05, 3.63) is 21.4 Å². The summed E-state index contributed by atoms with van der Waals surface area (Å²) in [6.45, 7) is 8.12. The number of hydrogen-bond acceptors (Lipinski definition) is 3. The van der Waals surface area contributed by atoms with Gasteiger partial charge in [-0.1, -0.05) is 0 Å². The number of aryl methyl sites for hydroxylation is 2. The van der Waals surface area contributed by atoms with E-state index in [4.69, 9.17) is 0 Å². The van der Waals surface area contributed by atoms with Gasteiger partial charge in [0.2, 0.25) is 5.91 Å². The van der Waals surface area contributed by atoms with Crippen molar-refractivity contribution in [2.45, 2.75) is 20.8 Å². The van der Waals surface area contributed by atoms with Crippen LogP contribution in [0.4, 0.5) is 0 Å². The maximum Gasteiger partial charge on any atom is 0.255 e. The topological polar surface area (TPSA) is 40.6 Å². The van der Waals surface area contributed by atoms with Gasteiger partial charge >= 0.3 is 0 Å². The molecule has 0 N–H and O–H groups in total. The van der Waals surface area contributed by atoms with Gasteiger partial charge in [0.1, 0.15) is 0 Å². The monoisotopic (exact) mass is 266 g/mol. The Morgan fingerprint density at radius 1 is 1.11 bits per heavy atom. The molecule has 2 heterocycles. The van der Waals surface area contributed by atoms with Crippen molar-refractivity contribution in [2.75, 3.05) is 26.2 Å². The van der Waals surface area contributed by atoms with E-state index in [9.17, 15) is 9.59 Å². The fourth-order valence-electron chi connectivity index (χ4n) is 2.24. The van der Waals surface area contributed by atoms with Crippen molar-refractivity contribution >= 4 is 23.2 Å². The molecule has 0 aromatic carbocycles. The molecule has 1 fully saturated rings. The van der Waals surface area contributed by atoms with Crippen LogP contribution in [0.5, 0.6) is 0 Å². The van der Waals surface area contributed by atoms with Crippen LogP contribution in [0.25, 0.3) is 0 Å². The highest BCUT2D eigenvalue weighted by Gasteiger charge is 2.24. The van der Waals surface area contributed by atoms with E-state index in [0.29, 0.717) is 26.2 Å². The molecule has 5 heteroatoms. The number of carbonyl (C=O) groups excluding carboxylic acids is 2. The Bertz CT molecular complexity index is 473. The van der Waals surface area contributed by atoms with Crippen LogP contribution in [0, 0.1) is 13.8 Å². The van der Waals surface area contributed by atoms with Crippen LogP contribution >= 0.6 is 11.3 Å². The van der Waals surface area contributed by atoms with Crippen LogP contribution in [0.1, 0.15) is 27.0 Å². The molecule has 98 valence electrons. The Labute approximate surface area is 111 Å². The molecule has 4 nitrogen and oxygen atoms in total. The second kappa shape index (κ2) is 5.10. The van der Waals surface area contributed by atoms with Crippen LogP contribution in [0.3, 0.4) is 0 Å². The molecule has 0 aliphatic carbocycles. The number of thiophene rings is 1. The van der Waals surface area contributed by atoms with E-state index in [0.717, 1.165) is 10.4 Å². The van der Waals surface area contributed by atoms with Crippen molar-refractivity contribution in [2.24, 2.45) is 0 Å². The second-order valence-corrected chi connectivity index (χ2v) is 6.09. The zero-order valence-corrected chi connectivity index (χ0v) is 11.8. The van der Waals surface area contributed by atoms with Gasteiger partial charge in [0.15, 0.2) is 0 Å². The molecule has 0 unspecified atom stereocenters. The lowest BCUT2D eigenvalue weighted by molar-refractivity contribution is -0.130. The normalized spacial score (nSPS) is 15.9. The summed E-state index contributed by atoms with van der Waals surface area (Å²) < 4.78 is 0. The second-order valence-electron chi connectivity index (χ2n) is 4.63. The number of amides is 2. The Balaban J connectivity index is 2.04. The molecule has 1 saturated heterocycles. The Hall–Kier alpha value is -1.36. The quantitative estimate of drug-likeness (QED) is 0.776. The molecule has 0 radical (unpaired) electrons. The molecule has 0 atom stereocenters. The largest absolute Gasteiger partial charge is 0.339 e. The highest BCUT2D eigenvalue weighted by molar-refractivity contribution is 7.12. The first-order valence-electron chi connectivity index (χ1n) is 6.11. The minimum atomic E-state index is 0.0876. The minimum absolute atomic E-state index is 0.0876. The van der Waals surface area contributed by atoms with Gasteiger partial charge in [0.25, 0.3) is 5.91 Å². The lowest BCUT2D eigenvalue weighted by Gasteiger charge is -2.34. The summed E-state index contributed by atoms with van der Waals surface area (Å²) in [7, 11) is 0. The van der Waals surface area contributed by atoms with E-state index in [1.165, 1.54) is 4.88 Å². The van der Waals surface area contributed by atoms with E-state index in [-0.39, 0.29) is 11.8 Å². The van der Waals surface area contributed by atoms with Gasteiger partial charge in [0.05, 0.1) is 5.56 Å². The third-order valence-electron chi connectivity index (χ3n) is 3.28. The number of carbonyl (C=O) groups is 2. The molecular weight excluding hydrogens is 248 g/mol. The standard InChI is InChI=1S/C13H18N2O2S/c1-9-8-12(10(2)18-9)13(17)15-6-4-14(5-7-15)11(3)16/h8H,4-7H2,1-3H3. The smallest absolute Gasteiger partial charge is 0.255 e. The van der Waals surface area contributed by atoms with Gasteiger partial charge < -0.3 is 9.80 Å². The van der Waals surface area contributed by atoms with E-state index in [1.807, 2.05) is 24.8 Å². The highest BCUT2D eigenvalue weighted by Crippen LogP contribution is 2.22. The zero-order valence-electron chi connectivity index (χ0n) is 11.0. The molecule has 1 aliphatic heterocycles. The number of rotatable bonds is 1. The van der Waals surface area contributed by atoms with E-state index < -0.39 is 0 Å². The Morgan fingerprint density at radius 2 is 1.67 bits per heavy atom. The molecule has 0 saturated carbocycles. The average molecular weight is 266 g/mol. The average Bonchev–Trinajstić information content (AvgIpc) is 2.67. The van der Waals surface area contributed by atoms with E-state index in [2.05, 4.69) is 0 Å². The first-order chi connectivity index (χ1) is 8.49. The summed E-state index contributed by atoms with van der Waals surface area (Å²) in [5.74, 6) is 0.185. The van der Waals surface area contributed by atoms with Crippen LogP contribution < -0.4 is 0 Å². The summed E-state index contributed by atoms with van der Waals surface area (Å²) in [5, 5.41) is 0. The van der Waals surface area contributed by atoms with Crippen LogP contribution in [-0.2, 0) is 4.79 Å². The first kappa shape index (κ1) is 13.1. The molecule has 2 rings (SSSR count). The first-order valence-corrected chi connectivity index (χ1v) is 6.92. The fourth-order valence-corrected chi connectivity index (χ4v) is 3.15. The Morgan fingerprint density at radius 3 is 2.11 bits per heavy atom. The van der Waals surface area contributed by atoms with Crippen molar-refractivity contribution in [3.63, 3.8) is 0 Å². The molecule has 0 spiro atoms. The zero-order chi connectivity index (χ0) is 13.3. The molecule has 1 aliphatic rings. The minimum Gasteiger partial charge on any atom is -0.339 e. The third kappa shape index (κ3) is 2.56. The summed E-state index contributed by atoms with van der Waals surface area (Å²) in [6.07, 6.45) is 0. The van der Waals surface area contributed by atoms with Crippen LogP contribution in [0.2, 0.25) is 0 Å². The van der Waals surface area contributed by atoms with Gasteiger partial charge in [-0.05, 0) is 19.9 Å².